The van der Waals surface area contributed by atoms with Crippen LogP contribution < -0.4 is 23.7 Å². The Bertz CT molecular complexity index is 2000. The summed E-state index contributed by atoms with van der Waals surface area (Å²) in [6, 6.07) is 18.2. The van der Waals surface area contributed by atoms with E-state index >= 15 is 0 Å². The number of carbonyl (C=O) groups excluding carboxylic acids is 1. The standard InChI is InChI=1S/C41H44N2O8/c1-23-36(46-4)28-19-30-41(45)43-29(34(42(30)3)33(28)35(44)38(23)48-6)18-27-32(31(43)22-50-20-25-14-10-8-11-15-25)40(39(49-7)24(2)37(27)47-5)51-21-26-16-12-9-13-17-26/h8-18,30-31,34,44H,19-22H2,1-7H3/t30-,31+,34+/m1/s1. The summed E-state index contributed by atoms with van der Waals surface area (Å²) in [5.41, 5.74) is 7.06. The van der Waals surface area contributed by atoms with Gasteiger partial charge in [0.25, 0.3) is 0 Å². The van der Waals surface area contributed by atoms with Gasteiger partial charge in [-0.1, -0.05) is 60.7 Å². The van der Waals surface area contributed by atoms with E-state index in [1.807, 2.05) is 97.4 Å². The van der Waals surface area contributed by atoms with Gasteiger partial charge in [0, 0.05) is 45.5 Å². The number of nitrogens with zero attached hydrogens (tertiary/aromatic N) is 2. The summed E-state index contributed by atoms with van der Waals surface area (Å²) in [5, 5.41) is 11.9. The summed E-state index contributed by atoms with van der Waals surface area (Å²) in [7, 11) is 8.31. The molecule has 0 spiro atoms. The van der Waals surface area contributed by atoms with Crippen molar-refractivity contribution in [2.24, 2.45) is 0 Å². The molecule has 0 radical (unpaired) electrons. The van der Waals surface area contributed by atoms with Crippen LogP contribution >= 0.6 is 0 Å². The molecule has 4 aromatic carbocycles. The second kappa shape index (κ2) is 13.8. The van der Waals surface area contributed by atoms with Gasteiger partial charge in [-0.15, -0.1) is 0 Å². The summed E-state index contributed by atoms with van der Waals surface area (Å²) >= 11 is 0. The van der Waals surface area contributed by atoms with E-state index in [1.54, 1.807) is 21.3 Å². The maximum Gasteiger partial charge on any atom is 0.245 e. The zero-order chi connectivity index (χ0) is 36.0. The molecule has 3 heterocycles. The Morgan fingerprint density at radius 2 is 1.33 bits per heavy atom. The van der Waals surface area contributed by atoms with E-state index in [0.29, 0.717) is 58.6 Å². The predicted molar refractivity (Wildman–Crippen MR) is 193 cm³/mol. The lowest BCUT2D eigenvalue weighted by molar-refractivity contribution is -0.145. The molecular formula is C41H44N2O8. The van der Waals surface area contributed by atoms with Gasteiger partial charge in [-0.2, -0.15) is 0 Å². The molecule has 1 saturated heterocycles. The second-order valence-corrected chi connectivity index (χ2v) is 13.1. The first-order valence-corrected chi connectivity index (χ1v) is 17.0. The molecule has 0 unspecified atom stereocenters. The third-order valence-corrected chi connectivity index (χ3v) is 10.4. The minimum atomic E-state index is -0.623. The first-order valence-electron chi connectivity index (χ1n) is 17.0. The van der Waals surface area contributed by atoms with Crippen molar-refractivity contribution < 1.29 is 38.3 Å². The fraction of sp³-hybridized carbons (Fsp3) is 0.341. The SMILES string of the molecule is COc1c(C)c(OC)c2c(c1O)[C@@H]1C3=Cc4c(OC)c(C)c(OC)c(OCc5ccccc5)c4[C@H](COCc4ccccc4)N3C(=O)[C@@H](C2)N1C. The van der Waals surface area contributed by atoms with Gasteiger partial charge in [0.1, 0.15) is 18.1 Å². The smallest absolute Gasteiger partial charge is 0.245 e. The van der Waals surface area contributed by atoms with E-state index in [0.717, 1.165) is 33.4 Å². The molecule has 1 amide bonds. The zero-order valence-electron chi connectivity index (χ0n) is 30.1. The van der Waals surface area contributed by atoms with Crippen molar-refractivity contribution in [3.63, 3.8) is 0 Å². The first-order chi connectivity index (χ1) is 24.7. The number of aromatic hydroxyl groups is 1. The number of likely N-dealkylation sites (N-methyl/N-ethyl adjacent to an activating group) is 1. The fourth-order valence-corrected chi connectivity index (χ4v) is 8.15. The number of ether oxygens (including phenoxy) is 6. The Kier molecular flexibility index (Phi) is 9.30. The van der Waals surface area contributed by atoms with Gasteiger partial charge in [-0.25, -0.2) is 0 Å². The lowest BCUT2D eigenvalue weighted by atomic mass is 9.77. The lowest BCUT2D eigenvalue weighted by Crippen LogP contribution is -2.60. The molecule has 0 saturated carbocycles. The summed E-state index contributed by atoms with van der Waals surface area (Å²) in [4.78, 5) is 18.8. The summed E-state index contributed by atoms with van der Waals surface area (Å²) in [6.07, 6.45) is 2.33. The molecule has 0 aliphatic carbocycles. The van der Waals surface area contributed by atoms with Gasteiger partial charge in [0.2, 0.25) is 5.91 Å². The minimum absolute atomic E-state index is 0.0312. The number of benzene rings is 4. The van der Waals surface area contributed by atoms with E-state index in [4.69, 9.17) is 28.4 Å². The topological polar surface area (TPSA) is 99.2 Å². The molecule has 10 heteroatoms. The van der Waals surface area contributed by atoms with Crippen LogP contribution in [0.1, 0.15) is 56.6 Å². The number of phenols is 1. The summed E-state index contributed by atoms with van der Waals surface area (Å²) in [5.74, 6) is 2.55. The van der Waals surface area contributed by atoms with Crippen LogP contribution in [-0.4, -0.2) is 68.9 Å². The van der Waals surface area contributed by atoms with Crippen molar-refractivity contribution in [1.82, 2.24) is 9.80 Å². The van der Waals surface area contributed by atoms with Gasteiger partial charge < -0.3 is 38.4 Å². The van der Waals surface area contributed by atoms with Crippen molar-refractivity contribution in [3.8, 4) is 34.5 Å². The molecule has 3 atom stereocenters. The highest BCUT2D eigenvalue weighted by Gasteiger charge is 2.53. The van der Waals surface area contributed by atoms with Crippen molar-refractivity contribution >= 4 is 12.0 Å². The number of amides is 1. The van der Waals surface area contributed by atoms with Gasteiger partial charge in [0.05, 0.1) is 59.8 Å². The van der Waals surface area contributed by atoms with E-state index in [1.165, 1.54) is 7.11 Å². The van der Waals surface area contributed by atoms with Crippen molar-refractivity contribution in [1.29, 1.82) is 0 Å². The molecule has 51 heavy (non-hydrogen) atoms. The third kappa shape index (κ3) is 5.53. The molecule has 3 aliphatic rings. The van der Waals surface area contributed by atoms with Gasteiger partial charge in [-0.05, 0) is 38.1 Å². The largest absolute Gasteiger partial charge is 0.504 e. The minimum Gasteiger partial charge on any atom is -0.504 e. The van der Waals surface area contributed by atoms with Crippen molar-refractivity contribution in [3.05, 3.63) is 111 Å². The van der Waals surface area contributed by atoms with E-state index < -0.39 is 18.1 Å². The maximum atomic E-state index is 15.0. The molecule has 3 aliphatic heterocycles. The van der Waals surface area contributed by atoms with Crippen LogP contribution in [0.3, 0.4) is 0 Å². The zero-order valence-corrected chi connectivity index (χ0v) is 30.1. The highest BCUT2D eigenvalue weighted by Crippen LogP contribution is 2.59. The molecule has 266 valence electrons. The quantitative estimate of drug-likeness (QED) is 0.185. The number of rotatable bonds is 11. The van der Waals surface area contributed by atoms with Gasteiger partial charge >= 0.3 is 0 Å². The summed E-state index contributed by atoms with van der Waals surface area (Å²) in [6.45, 7) is 4.58. The Morgan fingerprint density at radius 3 is 1.94 bits per heavy atom. The van der Waals surface area contributed by atoms with Crippen LogP contribution in [0.5, 0.6) is 34.5 Å². The number of carbonyl (C=O) groups is 1. The Labute approximate surface area is 298 Å². The molecule has 1 fully saturated rings. The van der Waals surface area contributed by atoms with Crippen LogP contribution in [0.4, 0.5) is 0 Å². The summed E-state index contributed by atoms with van der Waals surface area (Å²) < 4.78 is 37.0. The van der Waals surface area contributed by atoms with Gasteiger partial charge in [-0.3, -0.25) is 9.69 Å². The third-order valence-electron chi connectivity index (χ3n) is 10.4. The van der Waals surface area contributed by atoms with Crippen LogP contribution in [0, 0.1) is 13.8 Å². The van der Waals surface area contributed by atoms with Gasteiger partial charge in [0.15, 0.2) is 23.0 Å². The Hall–Kier alpha value is -5.19. The molecule has 2 bridgehead atoms. The normalized spacial score (nSPS) is 19.0. The number of hydrogen-bond donors (Lipinski definition) is 1. The molecule has 1 N–H and O–H groups in total. The monoisotopic (exact) mass is 692 g/mol. The van der Waals surface area contributed by atoms with Crippen LogP contribution in [0.2, 0.25) is 0 Å². The highest BCUT2D eigenvalue weighted by molar-refractivity contribution is 5.91. The molecule has 7 rings (SSSR count). The van der Waals surface area contributed by atoms with Crippen LogP contribution in [0.25, 0.3) is 6.08 Å². The highest BCUT2D eigenvalue weighted by atomic mass is 16.5. The van der Waals surface area contributed by atoms with E-state index in [2.05, 4.69) is 0 Å². The molecule has 10 nitrogen and oxygen atoms in total. The van der Waals surface area contributed by atoms with E-state index in [9.17, 15) is 9.90 Å². The molecule has 0 aromatic heterocycles. The Balaban J connectivity index is 1.47. The average Bonchev–Trinajstić information content (AvgIpc) is 3.14. The van der Waals surface area contributed by atoms with Crippen molar-refractivity contribution in [2.75, 3.05) is 42.1 Å². The van der Waals surface area contributed by atoms with Crippen LogP contribution in [-0.2, 0) is 29.2 Å². The lowest BCUT2D eigenvalue weighted by Gasteiger charge is -2.53. The first kappa shape index (κ1) is 34.3. The number of phenolic OH excluding ortho intramolecular Hbond substituents is 1. The fourth-order valence-electron chi connectivity index (χ4n) is 8.15. The van der Waals surface area contributed by atoms with Crippen LogP contribution in [0.15, 0.2) is 66.4 Å². The predicted octanol–water partition coefficient (Wildman–Crippen LogP) is 6.67. The maximum absolute atomic E-state index is 15.0. The number of methoxy groups -OCH3 is 4. The average molecular weight is 693 g/mol. The molecular weight excluding hydrogens is 648 g/mol. The molecule has 4 aromatic rings. The number of piperazine rings is 1. The Morgan fingerprint density at radius 1 is 0.745 bits per heavy atom. The second-order valence-electron chi connectivity index (χ2n) is 13.1. The number of fused-ring (bicyclic) bond motifs is 7. The van der Waals surface area contributed by atoms with Crippen molar-refractivity contribution in [2.45, 2.75) is 51.6 Å². The van der Waals surface area contributed by atoms with E-state index in [-0.39, 0.29) is 24.9 Å². The number of hydrogen-bond acceptors (Lipinski definition) is 9.